The van der Waals surface area contributed by atoms with Crippen molar-refractivity contribution in [2.75, 3.05) is 0 Å². The molecular formula is C20H22N2O3S2. The number of aromatic nitrogens is 1. The van der Waals surface area contributed by atoms with Gasteiger partial charge in [-0.1, -0.05) is 42.7 Å². The van der Waals surface area contributed by atoms with Crippen LogP contribution in [-0.4, -0.2) is 13.4 Å². The summed E-state index contributed by atoms with van der Waals surface area (Å²) in [6.45, 7) is 2.27. The van der Waals surface area contributed by atoms with Gasteiger partial charge in [0.15, 0.2) is 11.7 Å². The molecule has 27 heavy (non-hydrogen) atoms. The molecule has 3 aromatic rings. The maximum atomic E-state index is 12.6. The zero-order valence-electron chi connectivity index (χ0n) is 15.1. The smallest absolute Gasteiger partial charge is 0.250 e. The zero-order valence-corrected chi connectivity index (χ0v) is 16.8. The second-order valence-electron chi connectivity index (χ2n) is 6.97. The number of aryl methyl sites for hydroxylation is 1. The van der Waals surface area contributed by atoms with Gasteiger partial charge < -0.3 is 4.42 Å². The fourth-order valence-electron chi connectivity index (χ4n) is 3.32. The first-order valence-electron chi connectivity index (χ1n) is 9.12. The second kappa shape index (κ2) is 7.58. The van der Waals surface area contributed by atoms with Crippen LogP contribution in [0.4, 0.5) is 0 Å². The van der Waals surface area contributed by atoms with Crippen LogP contribution in [0.5, 0.6) is 0 Å². The van der Waals surface area contributed by atoms with Crippen LogP contribution in [0.15, 0.2) is 51.2 Å². The van der Waals surface area contributed by atoms with E-state index in [0.29, 0.717) is 11.7 Å². The van der Waals surface area contributed by atoms with Crippen molar-refractivity contribution >= 4 is 21.4 Å². The minimum atomic E-state index is -3.56. The lowest BCUT2D eigenvalue weighted by atomic mass is 10.1. The molecular weight excluding hydrogens is 380 g/mol. The molecule has 4 rings (SSSR count). The minimum absolute atomic E-state index is 0.268. The van der Waals surface area contributed by atoms with Crippen molar-refractivity contribution in [3.63, 3.8) is 0 Å². The fraction of sp³-hybridized carbons (Fsp3) is 0.350. The molecule has 1 saturated carbocycles. The van der Waals surface area contributed by atoms with Gasteiger partial charge in [-0.15, -0.1) is 11.3 Å². The van der Waals surface area contributed by atoms with Crippen molar-refractivity contribution in [2.24, 2.45) is 0 Å². The Morgan fingerprint density at radius 2 is 1.89 bits per heavy atom. The molecule has 0 bridgehead atoms. The van der Waals surface area contributed by atoms with Crippen molar-refractivity contribution in [3.8, 4) is 10.6 Å². The van der Waals surface area contributed by atoms with E-state index in [1.807, 2.05) is 31.2 Å². The molecule has 0 saturated heterocycles. The maximum absolute atomic E-state index is 12.6. The van der Waals surface area contributed by atoms with Crippen LogP contribution in [0.1, 0.15) is 48.6 Å². The average molecular weight is 403 g/mol. The van der Waals surface area contributed by atoms with E-state index in [1.54, 1.807) is 18.3 Å². The third-order valence-corrected chi connectivity index (χ3v) is 7.90. The highest BCUT2D eigenvalue weighted by molar-refractivity contribution is 7.91. The van der Waals surface area contributed by atoms with E-state index in [1.165, 1.54) is 24.2 Å². The van der Waals surface area contributed by atoms with E-state index >= 15 is 0 Å². The van der Waals surface area contributed by atoms with Gasteiger partial charge in [0.2, 0.25) is 10.0 Å². The summed E-state index contributed by atoms with van der Waals surface area (Å²) >= 11 is 1.20. The first kappa shape index (κ1) is 18.4. The van der Waals surface area contributed by atoms with Crippen molar-refractivity contribution in [1.82, 2.24) is 9.71 Å². The van der Waals surface area contributed by atoms with Crippen LogP contribution < -0.4 is 4.72 Å². The Bertz CT molecular complexity index is 1010. The van der Waals surface area contributed by atoms with E-state index in [2.05, 4.69) is 9.71 Å². The van der Waals surface area contributed by atoms with E-state index in [9.17, 15) is 8.42 Å². The molecule has 5 nitrogen and oxygen atoms in total. The number of rotatable bonds is 6. The maximum Gasteiger partial charge on any atom is 0.250 e. The molecule has 0 unspecified atom stereocenters. The van der Waals surface area contributed by atoms with Gasteiger partial charge >= 0.3 is 0 Å². The van der Waals surface area contributed by atoms with Crippen molar-refractivity contribution in [1.29, 1.82) is 0 Å². The number of hydrogen-bond donors (Lipinski definition) is 1. The molecule has 1 aliphatic carbocycles. The average Bonchev–Trinajstić information content (AvgIpc) is 3.41. The van der Waals surface area contributed by atoms with Crippen molar-refractivity contribution in [3.05, 3.63) is 59.6 Å². The highest BCUT2D eigenvalue weighted by Gasteiger charge is 2.23. The molecule has 0 aliphatic heterocycles. The summed E-state index contributed by atoms with van der Waals surface area (Å²) in [5.41, 5.74) is 2.07. The molecule has 2 aromatic heterocycles. The van der Waals surface area contributed by atoms with E-state index < -0.39 is 10.0 Å². The number of oxazole rings is 1. The zero-order chi connectivity index (χ0) is 18.9. The van der Waals surface area contributed by atoms with Gasteiger partial charge in [0.25, 0.3) is 0 Å². The van der Waals surface area contributed by atoms with Gasteiger partial charge in [0.1, 0.15) is 4.21 Å². The molecule has 142 valence electrons. The Morgan fingerprint density at radius 3 is 2.63 bits per heavy atom. The van der Waals surface area contributed by atoms with E-state index in [0.717, 1.165) is 34.7 Å². The van der Waals surface area contributed by atoms with Crippen molar-refractivity contribution in [2.45, 2.75) is 49.3 Å². The van der Waals surface area contributed by atoms with Crippen LogP contribution >= 0.6 is 11.3 Å². The monoisotopic (exact) mass is 402 g/mol. The first-order chi connectivity index (χ1) is 13.0. The number of hydrogen-bond acceptors (Lipinski definition) is 5. The lowest BCUT2D eigenvalue weighted by Crippen LogP contribution is -2.22. The number of thiophene rings is 1. The lowest BCUT2D eigenvalue weighted by Gasteiger charge is -2.05. The predicted molar refractivity (Wildman–Crippen MR) is 106 cm³/mol. The molecule has 0 spiro atoms. The van der Waals surface area contributed by atoms with Gasteiger partial charge in [-0.3, -0.25) is 0 Å². The predicted octanol–water partition coefficient (Wildman–Crippen LogP) is 4.85. The normalized spacial score (nSPS) is 15.4. The SMILES string of the molecule is Cc1ccc(CNS(=O)(=O)c2ccc(-c3cnc(C4CCCC4)o3)s2)cc1. The molecule has 0 amide bonds. The summed E-state index contributed by atoms with van der Waals surface area (Å²) in [5.74, 6) is 1.82. The largest absolute Gasteiger partial charge is 0.440 e. The minimum Gasteiger partial charge on any atom is -0.440 e. The number of nitrogens with one attached hydrogen (secondary N) is 1. The van der Waals surface area contributed by atoms with Gasteiger partial charge in [-0.25, -0.2) is 18.1 Å². The number of sulfonamides is 1. The van der Waals surface area contributed by atoms with Crippen LogP contribution in [0.2, 0.25) is 0 Å². The summed E-state index contributed by atoms with van der Waals surface area (Å²) < 4.78 is 34.0. The van der Waals surface area contributed by atoms with E-state index in [4.69, 9.17) is 4.42 Å². The Hall–Kier alpha value is -1.96. The summed E-state index contributed by atoms with van der Waals surface area (Å²) in [4.78, 5) is 5.18. The number of benzene rings is 1. The number of nitrogens with zero attached hydrogens (tertiary/aromatic N) is 1. The highest BCUT2D eigenvalue weighted by Crippen LogP contribution is 2.37. The fourth-order valence-corrected chi connectivity index (χ4v) is 5.63. The van der Waals surface area contributed by atoms with E-state index in [-0.39, 0.29) is 10.8 Å². The van der Waals surface area contributed by atoms with Crippen molar-refractivity contribution < 1.29 is 12.8 Å². The van der Waals surface area contributed by atoms with Crippen LogP contribution in [0.25, 0.3) is 10.6 Å². The molecule has 0 radical (unpaired) electrons. The Labute approximate surface area is 163 Å². The second-order valence-corrected chi connectivity index (χ2v) is 10.1. The molecule has 7 heteroatoms. The van der Waals surface area contributed by atoms with Gasteiger partial charge in [0, 0.05) is 12.5 Å². The summed E-state index contributed by atoms with van der Waals surface area (Å²) in [6.07, 6.45) is 6.38. The topological polar surface area (TPSA) is 72.2 Å². The summed E-state index contributed by atoms with van der Waals surface area (Å²) in [6, 6.07) is 11.2. The molecule has 1 N–H and O–H groups in total. The Balaban J connectivity index is 1.47. The quantitative estimate of drug-likeness (QED) is 0.640. The molecule has 1 aliphatic rings. The molecule has 1 fully saturated rings. The lowest BCUT2D eigenvalue weighted by molar-refractivity contribution is 0.458. The van der Waals surface area contributed by atoms with Crippen LogP contribution in [-0.2, 0) is 16.6 Å². The summed E-state index contributed by atoms with van der Waals surface area (Å²) in [7, 11) is -3.56. The van der Waals surface area contributed by atoms with Gasteiger partial charge in [0.05, 0.1) is 11.1 Å². The molecule has 1 aromatic carbocycles. The Morgan fingerprint density at radius 1 is 1.15 bits per heavy atom. The Kier molecular flexibility index (Phi) is 5.16. The van der Waals surface area contributed by atoms with Gasteiger partial charge in [-0.05, 0) is 37.5 Å². The standard InChI is InChI=1S/C20H22N2O3S2/c1-14-6-8-15(9-7-14)12-22-27(23,24)19-11-10-18(26-19)17-13-21-20(25-17)16-4-2-3-5-16/h6-11,13,16,22H,2-5,12H2,1H3. The van der Waals surface area contributed by atoms with Crippen LogP contribution in [0, 0.1) is 6.92 Å². The highest BCUT2D eigenvalue weighted by atomic mass is 32.2. The summed E-state index contributed by atoms with van der Waals surface area (Å²) in [5, 5.41) is 0. The first-order valence-corrected chi connectivity index (χ1v) is 11.4. The molecule has 0 atom stereocenters. The van der Waals surface area contributed by atoms with Gasteiger partial charge in [-0.2, -0.15) is 0 Å². The molecule has 2 heterocycles. The van der Waals surface area contributed by atoms with Crippen LogP contribution in [0.3, 0.4) is 0 Å². The third kappa shape index (κ3) is 4.15. The third-order valence-electron chi connectivity index (χ3n) is 4.90.